The van der Waals surface area contributed by atoms with Gasteiger partial charge in [0.25, 0.3) is 11.5 Å². The fraction of sp³-hybridized carbons (Fsp3) is 0.0769. The maximum Gasteiger partial charge on any atom is 0.255 e. The number of carbonyl (C=O) groups is 1. The molecule has 5 heteroatoms. The summed E-state index contributed by atoms with van der Waals surface area (Å²) >= 11 is 0. The molecule has 2 aromatic rings. The van der Waals surface area contributed by atoms with Crippen LogP contribution in [0.2, 0.25) is 0 Å². The van der Waals surface area contributed by atoms with Crippen LogP contribution in [0.3, 0.4) is 0 Å². The molecule has 1 aromatic heterocycles. The topological polar surface area (TPSA) is 51.1 Å². The normalized spacial score (nSPS) is 10.1. The number of carbonyl (C=O) groups excluding carboxylic acids is 1. The third-order valence-electron chi connectivity index (χ3n) is 2.47. The van der Waals surface area contributed by atoms with E-state index in [0.717, 1.165) is 0 Å². The zero-order valence-corrected chi connectivity index (χ0v) is 9.68. The number of amides is 1. The van der Waals surface area contributed by atoms with E-state index < -0.39 is 5.91 Å². The van der Waals surface area contributed by atoms with E-state index in [9.17, 15) is 14.0 Å². The van der Waals surface area contributed by atoms with Gasteiger partial charge in [-0.2, -0.15) is 0 Å². The fourth-order valence-electron chi connectivity index (χ4n) is 1.43. The second-order valence-corrected chi connectivity index (χ2v) is 3.83. The quantitative estimate of drug-likeness (QED) is 0.878. The van der Waals surface area contributed by atoms with Crippen LogP contribution >= 0.6 is 0 Å². The molecular weight excluding hydrogens is 235 g/mol. The van der Waals surface area contributed by atoms with Gasteiger partial charge in [0.05, 0.1) is 0 Å². The molecule has 0 aliphatic heterocycles. The third kappa shape index (κ3) is 2.63. The van der Waals surface area contributed by atoms with Gasteiger partial charge in [0, 0.05) is 30.6 Å². The molecule has 0 aliphatic rings. The maximum atomic E-state index is 12.7. The van der Waals surface area contributed by atoms with Gasteiger partial charge in [-0.05, 0) is 30.3 Å². The Kier molecular flexibility index (Phi) is 3.23. The van der Waals surface area contributed by atoms with Crippen molar-refractivity contribution in [2.75, 3.05) is 5.32 Å². The minimum atomic E-state index is -0.403. The number of hydrogen-bond donors (Lipinski definition) is 1. The molecular formula is C13H11FN2O2. The lowest BCUT2D eigenvalue weighted by Gasteiger charge is -2.05. The summed E-state index contributed by atoms with van der Waals surface area (Å²) in [6.45, 7) is 0. The minimum absolute atomic E-state index is 0.262. The van der Waals surface area contributed by atoms with Crippen molar-refractivity contribution in [3.8, 4) is 0 Å². The van der Waals surface area contributed by atoms with Crippen molar-refractivity contribution in [3.63, 3.8) is 0 Å². The number of halogens is 1. The number of rotatable bonds is 2. The molecule has 0 atom stereocenters. The molecule has 0 unspecified atom stereocenters. The molecule has 2 rings (SSSR count). The van der Waals surface area contributed by atoms with Gasteiger partial charge in [-0.1, -0.05) is 0 Å². The number of aromatic nitrogens is 1. The predicted octanol–water partition coefficient (Wildman–Crippen LogP) is 1.78. The number of nitrogens with one attached hydrogen (secondary N) is 1. The largest absolute Gasteiger partial charge is 0.322 e. The van der Waals surface area contributed by atoms with Crippen LogP contribution in [0.4, 0.5) is 10.1 Å². The summed E-state index contributed by atoms with van der Waals surface area (Å²) in [6, 6.07) is 8.20. The Hall–Kier alpha value is -2.43. The van der Waals surface area contributed by atoms with Gasteiger partial charge < -0.3 is 9.88 Å². The lowest BCUT2D eigenvalue weighted by molar-refractivity contribution is 0.102. The highest BCUT2D eigenvalue weighted by Crippen LogP contribution is 2.09. The second-order valence-electron chi connectivity index (χ2n) is 3.83. The van der Waals surface area contributed by atoms with E-state index >= 15 is 0 Å². The van der Waals surface area contributed by atoms with E-state index in [1.807, 2.05) is 0 Å². The summed E-state index contributed by atoms with van der Waals surface area (Å²) in [6.07, 6.45) is 1.52. The average Bonchev–Trinajstić information content (AvgIpc) is 2.35. The van der Waals surface area contributed by atoms with Crippen molar-refractivity contribution in [2.45, 2.75) is 0 Å². The Labute approximate surface area is 103 Å². The first-order valence-corrected chi connectivity index (χ1v) is 5.30. The number of pyridine rings is 1. The van der Waals surface area contributed by atoms with E-state index in [0.29, 0.717) is 5.69 Å². The summed E-state index contributed by atoms with van der Waals surface area (Å²) < 4.78 is 14.1. The fourth-order valence-corrected chi connectivity index (χ4v) is 1.43. The molecule has 0 radical (unpaired) electrons. The van der Waals surface area contributed by atoms with Gasteiger partial charge in [-0.25, -0.2) is 4.39 Å². The number of hydrogen-bond acceptors (Lipinski definition) is 2. The molecule has 92 valence electrons. The molecule has 1 heterocycles. The zero-order chi connectivity index (χ0) is 13.1. The SMILES string of the molecule is Cn1ccc(C(=O)Nc2ccc(F)cc2)cc1=O. The molecule has 1 amide bonds. The molecule has 1 N–H and O–H groups in total. The van der Waals surface area contributed by atoms with Gasteiger partial charge in [0.15, 0.2) is 0 Å². The Balaban J connectivity index is 2.19. The van der Waals surface area contributed by atoms with Crippen molar-refractivity contribution in [1.82, 2.24) is 4.57 Å². The van der Waals surface area contributed by atoms with E-state index in [2.05, 4.69) is 5.32 Å². The van der Waals surface area contributed by atoms with E-state index in [1.54, 1.807) is 13.1 Å². The first-order valence-electron chi connectivity index (χ1n) is 5.30. The summed E-state index contributed by atoms with van der Waals surface area (Å²) in [4.78, 5) is 23.2. The highest BCUT2D eigenvalue weighted by atomic mass is 19.1. The highest BCUT2D eigenvalue weighted by Gasteiger charge is 2.07. The van der Waals surface area contributed by atoms with E-state index in [-0.39, 0.29) is 16.9 Å². The Bertz CT molecular complexity index is 632. The van der Waals surface area contributed by atoms with Gasteiger partial charge >= 0.3 is 0 Å². The van der Waals surface area contributed by atoms with Crippen LogP contribution in [0.5, 0.6) is 0 Å². The molecule has 1 aromatic carbocycles. The van der Waals surface area contributed by atoms with Crippen LogP contribution < -0.4 is 10.9 Å². The molecule has 0 bridgehead atoms. The molecule has 0 spiro atoms. The molecule has 4 nitrogen and oxygen atoms in total. The number of aryl methyl sites for hydroxylation is 1. The van der Waals surface area contributed by atoms with Gasteiger partial charge in [-0.15, -0.1) is 0 Å². The van der Waals surface area contributed by atoms with Crippen molar-refractivity contribution in [3.05, 3.63) is 64.3 Å². The number of benzene rings is 1. The monoisotopic (exact) mass is 246 g/mol. The Morgan fingerprint density at radius 1 is 1.22 bits per heavy atom. The predicted molar refractivity (Wildman–Crippen MR) is 66.0 cm³/mol. The summed E-state index contributed by atoms with van der Waals surface area (Å²) in [5.41, 5.74) is 0.478. The highest BCUT2D eigenvalue weighted by molar-refractivity contribution is 6.04. The van der Waals surface area contributed by atoms with Gasteiger partial charge in [0.2, 0.25) is 0 Å². The Morgan fingerprint density at radius 3 is 2.50 bits per heavy atom. The summed E-state index contributed by atoms with van der Waals surface area (Å²) in [5.74, 6) is -0.777. The van der Waals surface area contributed by atoms with Crippen LogP contribution in [-0.2, 0) is 7.05 Å². The van der Waals surface area contributed by atoms with Crippen LogP contribution in [0.15, 0.2) is 47.4 Å². The van der Waals surface area contributed by atoms with Crippen LogP contribution in [-0.4, -0.2) is 10.5 Å². The molecule has 0 aliphatic carbocycles. The second kappa shape index (κ2) is 4.83. The van der Waals surface area contributed by atoms with Crippen molar-refractivity contribution >= 4 is 11.6 Å². The lowest BCUT2D eigenvalue weighted by atomic mass is 10.2. The molecule has 0 saturated carbocycles. The van der Waals surface area contributed by atoms with Crippen molar-refractivity contribution in [2.24, 2.45) is 7.05 Å². The van der Waals surface area contributed by atoms with Crippen molar-refractivity contribution in [1.29, 1.82) is 0 Å². The summed E-state index contributed by atoms with van der Waals surface area (Å²) in [7, 11) is 1.60. The lowest BCUT2D eigenvalue weighted by Crippen LogP contribution is -2.19. The van der Waals surface area contributed by atoms with Gasteiger partial charge in [-0.3, -0.25) is 9.59 Å². The molecule has 0 saturated heterocycles. The van der Waals surface area contributed by atoms with E-state index in [1.165, 1.54) is 41.1 Å². The third-order valence-corrected chi connectivity index (χ3v) is 2.47. The van der Waals surface area contributed by atoms with Crippen LogP contribution in [0, 0.1) is 5.82 Å². The summed E-state index contributed by atoms with van der Waals surface area (Å²) in [5, 5.41) is 2.58. The molecule has 18 heavy (non-hydrogen) atoms. The molecule has 0 fully saturated rings. The first-order chi connectivity index (χ1) is 8.56. The van der Waals surface area contributed by atoms with Crippen LogP contribution in [0.1, 0.15) is 10.4 Å². The van der Waals surface area contributed by atoms with Crippen LogP contribution in [0.25, 0.3) is 0 Å². The number of nitrogens with zero attached hydrogens (tertiary/aromatic N) is 1. The average molecular weight is 246 g/mol. The maximum absolute atomic E-state index is 12.7. The van der Waals surface area contributed by atoms with Gasteiger partial charge in [0.1, 0.15) is 5.82 Å². The standard InChI is InChI=1S/C13H11FN2O2/c1-16-7-6-9(8-12(16)17)13(18)15-11-4-2-10(14)3-5-11/h2-8H,1H3,(H,15,18). The minimum Gasteiger partial charge on any atom is -0.322 e. The van der Waals surface area contributed by atoms with Crippen molar-refractivity contribution < 1.29 is 9.18 Å². The Morgan fingerprint density at radius 2 is 1.89 bits per heavy atom. The van der Waals surface area contributed by atoms with E-state index in [4.69, 9.17) is 0 Å². The number of anilines is 1. The smallest absolute Gasteiger partial charge is 0.255 e. The first kappa shape index (κ1) is 12.0. The zero-order valence-electron chi connectivity index (χ0n) is 9.68.